The highest BCUT2D eigenvalue weighted by molar-refractivity contribution is 5.81. The van der Waals surface area contributed by atoms with Crippen molar-refractivity contribution in [2.75, 3.05) is 55.5 Å². The standard InChI is InChI=1S/C26H30F3N9/c1-36(2)11-12-37(3)23-10-9-19(13-22(23)30)33-24-21(17-5-7-18(8-6-17)26(27,28)29)15-31-25(35-24)34-20-14-32-38(4)16-20/h5-10,13-16H,11-12,30H2,1-4H3,(H2,31,33,34,35). The second-order valence-corrected chi connectivity index (χ2v) is 9.18. The first-order valence-electron chi connectivity index (χ1n) is 11.8. The van der Waals surface area contributed by atoms with Gasteiger partial charge in [0.1, 0.15) is 5.82 Å². The van der Waals surface area contributed by atoms with Crippen LogP contribution >= 0.6 is 0 Å². The van der Waals surface area contributed by atoms with E-state index in [4.69, 9.17) is 5.73 Å². The predicted octanol–water partition coefficient (Wildman–Crippen LogP) is 4.96. The number of nitrogens with two attached hydrogens (primary N) is 1. The fourth-order valence-electron chi connectivity index (χ4n) is 3.79. The van der Waals surface area contributed by atoms with Crippen LogP contribution in [0.3, 0.4) is 0 Å². The quantitative estimate of drug-likeness (QED) is 0.264. The number of rotatable bonds is 9. The predicted molar refractivity (Wildman–Crippen MR) is 145 cm³/mol. The summed E-state index contributed by atoms with van der Waals surface area (Å²) in [6.45, 7) is 1.68. The highest BCUT2D eigenvalue weighted by Crippen LogP contribution is 2.35. The Morgan fingerprint density at radius 3 is 2.29 bits per heavy atom. The Labute approximate surface area is 219 Å². The summed E-state index contributed by atoms with van der Waals surface area (Å²) in [7, 11) is 7.79. The van der Waals surface area contributed by atoms with Crippen LogP contribution in [0.2, 0.25) is 0 Å². The fraction of sp³-hybridized carbons (Fsp3) is 0.269. The van der Waals surface area contributed by atoms with E-state index in [0.29, 0.717) is 40.0 Å². The first-order valence-corrected chi connectivity index (χ1v) is 11.8. The molecule has 0 aliphatic carbocycles. The van der Waals surface area contributed by atoms with E-state index < -0.39 is 11.7 Å². The third-order valence-electron chi connectivity index (χ3n) is 5.86. The Balaban J connectivity index is 1.66. The molecular weight excluding hydrogens is 495 g/mol. The van der Waals surface area contributed by atoms with E-state index >= 15 is 0 Å². The number of aromatic nitrogens is 4. The van der Waals surface area contributed by atoms with Crippen LogP contribution in [-0.4, -0.2) is 58.9 Å². The van der Waals surface area contributed by atoms with E-state index in [1.54, 1.807) is 36.4 Å². The molecule has 0 saturated heterocycles. The third kappa shape index (κ3) is 6.51. The van der Waals surface area contributed by atoms with Gasteiger partial charge >= 0.3 is 6.18 Å². The van der Waals surface area contributed by atoms with Crippen LogP contribution in [0.15, 0.2) is 61.1 Å². The number of halogens is 3. The van der Waals surface area contributed by atoms with E-state index in [0.717, 1.165) is 30.9 Å². The Morgan fingerprint density at radius 1 is 0.947 bits per heavy atom. The van der Waals surface area contributed by atoms with Gasteiger partial charge in [-0.05, 0) is 50.0 Å². The van der Waals surface area contributed by atoms with Crippen molar-refractivity contribution in [2.45, 2.75) is 6.18 Å². The number of nitrogen functional groups attached to an aromatic ring is 1. The molecule has 0 spiro atoms. The van der Waals surface area contributed by atoms with Crippen molar-refractivity contribution >= 4 is 34.5 Å². The van der Waals surface area contributed by atoms with E-state index in [9.17, 15) is 13.2 Å². The number of anilines is 6. The van der Waals surface area contributed by atoms with Crippen molar-refractivity contribution in [1.82, 2.24) is 24.6 Å². The van der Waals surface area contributed by atoms with Crippen LogP contribution < -0.4 is 21.3 Å². The molecule has 0 unspecified atom stereocenters. The van der Waals surface area contributed by atoms with Crippen molar-refractivity contribution in [3.63, 3.8) is 0 Å². The number of nitrogens with one attached hydrogen (secondary N) is 2. The summed E-state index contributed by atoms with van der Waals surface area (Å²) in [5.41, 5.74) is 9.53. The molecule has 12 heteroatoms. The molecule has 0 atom stereocenters. The van der Waals surface area contributed by atoms with Crippen molar-refractivity contribution in [3.8, 4) is 11.1 Å². The average molecular weight is 526 g/mol. The van der Waals surface area contributed by atoms with Crippen LogP contribution in [0.5, 0.6) is 0 Å². The zero-order valence-electron chi connectivity index (χ0n) is 21.6. The topological polar surface area (TPSA) is 100 Å². The largest absolute Gasteiger partial charge is 0.416 e. The summed E-state index contributed by atoms with van der Waals surface area (Å²) in [4.78, 5) is 13.1. The van der Waals surface area contributed by atoms with Gasteiger partial charge in [0.05, 0.1) is 28.8 Å². The van der Waals surface area contributed by atoms with Gasteiger partial charge in [-0.1, -0.05) is 12.1 Å². The van der Waals surface area contributed by atoms with E-state index in [-0.39, 0.29) is 0 Å². The molecule has 38 heavy (non-hydrogen) atoms. The summed E-state index contributed by atoms with van der Waals surface area (Å²) in [5.74, 6) is 0.698. The smallest absolute Gasteiger partial charge is 0.397 e. The van der Waals surface area contributed by atoms with Crippen LogP contribution in [0, 0.1) is 0 Å². The zero-order valence-corrected chi connectivity index (χ0v) is 21.6. The summed E-state index contributed by atoms with van der Waals surface area (Å²) in [5, 5.41) is 10.5. The molecular formula is C26H30F3N9. The summed E-state index contributed by atoms with van der Waals surface area (Å²) in [6.07, 6.45) is 0.537. The Hall–Kier alpha value is -4.32. The fourth-order valence-corrected chi connectivity index (χ4v) is 3.79. The molecule has 4 N–H and O–H groups in total. The molecule has 0 aliphatic rings. The Bertz CT molecular complexity index is 1380. The zero-order chi connectivity index (χ0) is 27.4. The molecule has 2 aromatic carbocycles. The van der Waals surface area contributed by atoms with Gasteiger partial charge in [-0.3, -0.25) is 4.68 Å². The van der Waals surface area contributed by atoms with Crippen molar-refractivity contribution in [3.05, 3.63) is 66.6 Å². The number of hydrogen-bond donors (Lipinski definition) is 3. The van der Waals surface area contributed by atoms with Gasteiger partial charge in [0.25, 0.3) is 0 Å². The molecule has 2 aromatic heterocycles. The number of alkyl halides is 3. The number of nitrogens with zero attached hydrogens (tertiary/aromatic N) is 6. The average Bonchev–Trinajstić information content (AvgIpc) is 3.26. The lowest BCUT2D eigenvalue weighted by molar-refractivity contribution is -0.137. The highest BCUT2D eigenvalue weighted by atomic mass is 19.4. The number of benzene rings is 2. The number of likely N-dealkylation sites (N-methyl/N-ethyl adjacent to an activating group) is 2. The maximum Gasteiger partial charge on any atom is 0.416 e. The van der Waals surface area contributed by atoms with E-state index in [1.165, 1.54) is 12.1 Å². The second-order valence-electron chi connectivity index (χ2n) is 9.18. The minimum Gasteiger partial charge on any atom is -0.397 e. The molecule has 200 valence electrons. The monoisotopic (exact) mass is 525 g/mol. The SMILES string of the molecule is CN(C)CCN(C)c1ccc(Nc2nc(Nc3cnn(C)c3)ncc2-c2ccc(C(F)(F)F)cc2)cc1N. The third-order valence-corrected chi connectivity index (χ3v) is 5.86. The summed E-state index contributed by atoms with van der Waals surface area (Å²) >= 11 is 0. The van der Waals surface area contributed by atoms with Crippen LogP contribution in [0.1, 0.15) is 5.56 Å². The second kappa shape index (κ2) is 11.0. The van der Waals surface area contributed by atoms with Crippen molar-refractivity contribution < 1.29 is 13.2 Å². The van der Waals surface area contributed by atoms with Crippen LogP contribution in [0.25, 0.3) is 11.1 Å². The molecule has 0 radical (unpaired) electrons. The van der Waals surface area contributed by atoms with Crippen LogP contribution in [-0.2, 0) is 13.2 Å². The minimum absolute atomic E-state index is 0.296. The van der Waals surface area contributed by atoms with Crippen molar-refractivity contribution in [2.24, 2.45) is 7.05 Å². The highest BCUT2D eigenvalue weighted by Gasteiger charge is 2.30. The van der Waals surface area contributed by atoms with Gasteiger partial charge in [-0.25, -0.2) is 4.98 Å². The Kier molecular flexibility index (Phi) is 7.72. The normalized spacial score (nSPS) is 11.6. The van der Waals surface area contributed by atoms with Gasteiger partial charge < -0.3 is 26.2 Å². The van der Waals surface area contributed by atoms with Gasteiger partial charge in [0, 0.05) is 50.8 Å². The first kappa shape index (κ1) is 26.7. The van der Waals surface area contributed by atoms with Gasteiger partial charge in [0.15, 0.2) is 0 Å². The lowest BCUT2D eigenvalue weighted by atomic mass is 10.1. The summed E-state index contributed by atoms with van der Waals surface area (Å²) < 4.78 is 40.9. The van der Waals surface area contributed by atoms with E-state index in [2.05, 4.69) is 35.5 Å². The van der Waals surface area contributed by atoms with Crippen LogP contribution in [0.4, 0.5) is 47.7 Å². The molecule has 4 aromatic rings. The summed E-state index contributed by atoms with van der Waals surface area (Å²) in [6, 6.07) is 10.5. The first-order chi connectivity index (χ1) is 18.0. The lowest BCUT2D eigenvalue weighted by Crippen LogP contribution is -2.28. The molecule has 0 fully saturated rings. The molecule has 4 rings (SSSR count). The van der Waals surface area contributed by atoms with Gasteiger partial charge in [-0.15, -0.1) is 0 Å². The van der Waals surface area contributed by atoms with Gasteiger partial charge in [0.2, 0.25) is 5.95 Å². The lowest BCUT2D eigenvalue weighted by Gasteiger charge is -2.23. The maximum absolute atomic E-state index is 13.1. The number of aryl methyl sites for hydroxylation is 1. The Morgan fingerprint density at radius 2 is 1.68 bits per heavy atom. The molecule has 0 saturated carbocycles. The molecule has 0 aliphatic heterocycles. The molecule has 9 nitrogen and oxygen atoms in total. The van der Waals surface area contributed by atoms with Crippen molar-refractivity contribution in [1.29, 1.82) is 0 Å². The molecule has 2 heterocycles. The molecule has 0 bridgehead atoms. The molecule has 0 amide bonds. The van der Waals surface area contributed by atoms with Gasteiger partial charge in [-0.2, -0.15) is 23.3 Å². The minimum atomic E-state index is -4.42. The number of hydrogen-bond acceptors (Lipinski definition) is 8. The maximum atomic E-state index is 13.1. The van der Waals surface area contributed by atoms with E-state index in [1.807, 2.05) is 33.3 Å².